The van der Waals surface area contributed by atoms with Crippen LogP contribution in [0.5, 0.6) is 0 Å². The Morgan fingerprint density at radius 2 is 1.88 bits per heavy atom. The quantitative estimate of drug-likeness (QED) is 0.835. The molecule has 3 fully saturated rings. The van der Waals surface area contributed by atoms with E-state index in [0.717, 1.165) is 58.2 Å². The van der Waals surface area contributed by atoms with Crippen molar-refractivity contribution in [2.24, 2.45) is 5.41 Å². The van der Waals surface area contributed by atoms with Crippen molar-refractivity contribution >= 4 is 0 Å². The molecule has 0 bridgehead atoms. The monoisotopic (exact) mass is 349 g/mol. The highest BCUT2D eigenvalue weighted by atomic mass is 16.5. The maximum absolute atomic E-state index is 5.98. The maximum atomic E-state index is 5.98. The second-order valence-corrected chi connectivity index (χ2v) is 8.08. The minimum Gasteiger partial charge on any atom is -0.381 e. The summed E-state index contributed by atoms with van der Waals surface area (Å²) in [6.45, 7) is 7.60. The lowest BCUT2D eigenvalue weighted by Crippen LogP contribution is -2.43. The van der Waals surface area contributed by atoms with E-state index in [1.165, 1.54) is 32.1 Å². The van der Waals surface area contributed by atoms with Gasteiger partial charge in [-0.15, -0.1) is 5.10 Å². The molecule has 4 rings (SSSR count). The van der Waals surface area contributed by atoms with Gasteiger partial charge in [0.2, 0.25) is 0 Å². The first-order chi connectivity index (χ1) is 12.3. The molecule has 140 valence electrons. The zero-order valence-corrected chi connectivity index (χ0v) is 15.4. The van der Waals surface area contributed by atoms with E-state index in [1.54, 1.807) is 0 Å². The summed E-state index contributed by atoms with van der Waals surface area (Å²) in [5, 5.41) is 12.8. The molecule has 3 heterocycles. The van der Waals surface area contributed by atoms with Gasteiger partial charge >= 0.3 is 0 Å². The highest BCUT2D eigenvalue weighted by Crippen LogP contribution is 2.36. The summed E-state index contributed by atoms with van der Waals surface area (Å²) >= 11 is 0. The molecule has 1 aromatic heterocycles. The third kappa shape index (κ3) is 3.73. The normalized spacial score (nSPS) is 27.2. The topological polar surface area (TPSA) is 65.3 Å². The van der Waals surface area contributed by atoms with Gasteiger partial charge in [-0.1, -0.05) is 19.3 Å². The van der Waals surface area contributed by atoms with E-state index in [0.29, 0.717) is 6.04 Å². The van der Waals surface area contributed by atoms with Gasteiger partial charge in [0.25, 0.3) is 0 Å². The highest BCUT2D eigenvalue weighted by molar-refractivity contribution is 4.97. The molecule has 3 aliphatic rings. The largest absolute Gasteiger partial charge is 0.381 e. The molecule has 0 N–H and O–H groups in total. The molecule has 0 radical (unpaired) electrons. The zero-order valence-electron chi connectivity index (χ0n) is 15.4. The average molecular weight is 349 g/mol. The van der Waals surface area contributed by atoms with Crippen LogP contribution in [0.4, 0.5) is 0 Å². The van der Waals surface area contributed by atoms with Gasteiger partial charge in [0.05, 0.1) is 25.3 Å². The predicted molar refractivity (Wildman–Crippen MR) is 93.2 cm³/mol. The number of tetrazole rings is 1. The van der Waals surface area contributed by atoms with Crippen LogP contribution in [0.1, 0.15) is 69.8 Å². The highest BCUT2D eigenvalue weighted by Gasteiger charge is 2.39. The predicted octanol–water partition coefficient (Wildman–Crippen LogP) is 2.37. The van der Waals surface area contributed by atoms with Crippen molar-refractivity contribution in [2.45, 2.75) is 64.0 Å². The lowest BCUT2D eigenvalue weighted by atomic mass is 9.80. The molecule has 0 amide bonds. The summed E-state index contributed by atoms with van der Waals surface area (Å²) in [5.41, 5.74) is 0.228. The van der Waals surface area contributed by atoms with Crippen molar-refractivity contribution in [2.75, 3.05) is 39.5 Å². The number of aromatic nitrogens is 4. The second kappa shape index (κ2) is 7.68. The van der Waals surface area contributed by atoms with E-state index in [4.69, 9.17) is 9.47 Å². The molecule has 2 saturated heterocycles. The van der Waals surface area contributed by atoms with Gasteiger partial charge in [-0.2, -0.15) is 0 Å². The van der Waals surface area contributed by atoms with Gasteiger partial charge < -0.3 is 9.47 Å². The molecule has 1 atom stereocenters. The molecule has 25 heavy (non-hydrogen) atoms. The minimum atomic E-state index is 0.221. The van der Waals surface area contributed by atoms with Crippen molar-refractivity contribution in [3.8, 4) is 0 Å². The van der Waals surface area contributed by atoms with Gasteiger partial charge in [0.1, 0.15) is 0 Å². The van der Waals surface area contributed by atoms with Gasteiger partial charge in [0, 0.05) is 31.7 Å². The maximum Gasteiger partial charge on any atom is 0.168 e. The molecule has 7 heteroatoms. The van der Waals surface area contributed by atoms with Crippen LogP contribution in [0, 0.1) is 5.41 Å². The van der Waals surface area contributed by atoms with Crippen LogP contribution in [0.15, 0.2) is 0 Å². The third-order valence-corrected chi connectivity index (χ3v) is 6.38. The fraction of sp³-hybridized carbons (Fsp3) is 0.944. The number of hydrogen-bond acceptors (Lipinski definition) is 6. The van der Waals surface area contributed by atoms with Crippen LogP contribution >= 0.6 is 0 Å². The first-order valence-corrected chi connectivity index (χ1v) is 9.95. The first kappa shape index (κ1) is 17.4. The Bertz CT molecular complexity index is 551. The van der Waals surface area contributed by atoms with E-state index in [-0.39, 0.29) is 11.5 Å². The smallest absolute Gasteiger partial charge is 0.168 e. The third-order valence-electron chi connectivity index (χ3n) is 6.38. The first-order valence-electron chi connectivity index (χ1n) is 9.95. The van der Waals surface area contributed by atoms with E-state index >= 15 is 0 Å². The van der Waals surface area contributed by atoms with Crippen LogP contribution in [-0.2, 0) is 9.47 Å². The van der Waals surface area contributed by atoms with Gasteiger partial charge in [-0.05, 0) is 43.0 Å². The SMILES string of the molecule is C[C@@H](c1nnnn1C1CCCCC1)N1CCOCC2(CCOCC2)C1. The number of rotatable bonds is 3. The Kier molecular flexibility index (Phi) is 5.33. The van der Waals surface area contributed by atoms with Gasteiger partial charge in [-0.25, -0.2) is 4.68 Å². The van der Waals surface area contributed by atoms with E-state index in [1.807, 2.05) is 0 Å². The Morgan fingerprint density at radius 1 is 1.08 bits per heavy atom. The summed E-state index contributed by atoms with van der Waals surface area (Å²) in [4.78, 5) is 2.53. The van der Waals surface area contributed by atoms with Crippen molar-refractivity contribution < 1.29 is 9.47 Å². The fourth-order valence-electron chi connectivity index (χ4n) is 4.69. The molecule has 1 aromatic rings. The molecule has 7 nitrogen and oxygen atoms in total. The van der Waals surface area contributed by atoms with Crippen LogP contribution in [0.25, 0.3) is 0 Å². The summed E-state index contributed by atoms with van der Waals surface area (Å²) < 4.78 is 13.7. The standard InChI is InChI=1S/C18H31N5O2/c1-15(17-19-20-21-23(17)16-5-3-2-4-6-16)22-9-12-25-14-18(13-22)7-10-24-11-8-18/h15-16H,2-14H2,1H3/t15-/m0/s1. The Balaban J connectivity index is 1.51. The Hall–Kier alpha value is -1.05. The summed E-state index contributed by atoms with van der Waals surface area (Å²) in [6, 6.07) is 0.694. The zero-order chi connectivity index (χ0) is 17.1. The van der Waals surface area contributed by atoms with E-state index in [2.05, 4.69) is 32.0 Å². The molecule has 0 aromatic carbocycles. The molecule has 2 aliphatic heterocycles. The molecule has 0 unspecified atom stereocenters. The van der Waals surface area contributed by atoms with Crippen molar-refractivity contribution in [3.05, 3.63) is 5.82 Å². The van der Waals surface area contributed by atoms with Crippen molar-refractivity contribution in [3.63, 3.8) is 0 Å². The number of ether oxygens (including phenoxy) is 2. The van der Waals surface area contributed by atoms with Crippen molar-refractivity contribution in [1.82, 2.24) is 25.1 Å². The summed E-state index contributed by atoms with van der Waals surface area (Å²) in [7, 11) is 0. The van der Waals surface area contributed by atoms with Crippen LogP contribution < -0.4 is 0 Å². The van der Waals surface area contributed by atoms with Crippen LogP contribution in [0.2, 0.25) is 0 Å². The molecule has 1 saturated carbocycles. The average Bonchev–Trinajstić information content (AvgIpc) is 3.06. The van der Waals surface area contributed by atoms with Gasteiger partial charge in [-0.3, -0.25) is 4.90 Å². The minimum absolute atomic E-state index is 0.221. The summed E-state index contributed by atoms with van der Waals surface area (Å²) in [6.07, 6.45) is 8.51. The van der Waals surface area contributed by atoms with Crippen molar-refractivity contribution in [1.29, 1.82) is 0 Å². The Morgan fingerprint density at radius 3 is 2.68 bits per heavy atom. The number of hydrogen-bond donors (Lipinski definition) is 0. The lowest BCUT2D eigenvalue weighted by Gasteiger charge is -2.40. The second-order valence-electron chi connectivity index (χ2n) is 8.08. The van der Waals surface area contributed by atoms with Crippen LogP contribution in [0.3, 0.4) is 0 Å². The molecular weight excluding hydrogens is 318 g/mol. The fourth-order valence-corrected chi connectivity index (χ4v) is 4.69. The molecule has 1 spiro atoms. The molecular formula is C18H31N5O2. The van der Waals surface area contributed by atoms with Crippen LogP contribution in [-0.4, -0.2) is 64.6 Å². The number of nitrogens with zero attached hydrogens (tertiary/aromatic N) is 5. The summed E-state index contributed by atoms with van der Waals surface area (Å²) in [5.74, 6) is 1.02. The van der Waals surface area contributed by atoms with Gasteiger partial charge in [0.15, 0.2) is 5.82 Å². The lowest BCUT2D eigenvalue weighted by molar-refractivity contribution is -0.0341. The Labute approximate surface area is 150 Å². The molecule has 1 aliphatic carbocycles. The van der Waals surface area contributed by atoms with E-state index < -0.39 is 0 Å². The van der Waals surface area contributed by atoms with E-state index in [9.17, 15) is 0 Å².